The Morgan fingerprint density at radius 3 is 2.59 bits per heavy atom. The Labute approximate surface area is 174 Å². The van der Waals surface area contributed by atoms with E-state index in [1.165, 1.54) is 11.3 Å². The summed E-state index contributed by atoms with van der Waals surface area (Å²) >= 11 is 1.42. The molecule has 0 aliphatic rings. The lowest BCUT2D eigenvalue weighted by atomic mass is 9.95. The molecule has 1 amide bonds. The van der Waals surface area contributed by atoms with Gasteiger partial charge >= 0.3 is 0 Å². The SMILES string of the molecule is Cc1nc(C(C)(C)C)nc2sc(C(=O)NC(C)c3cc4ccccc4o3)c(C)c12. The Balaban J connectivity index is 1.66. The van der Waals surface area contributed by atoms with Gasteiger partial charge in [0.25, 0.3) is 5.91 Å². The molecular formula is C23H25N3O2S. The summed E-state index contributed by atoms with van der Waals surface area (Å²) in [5, 5.41) is 5.08. The van der Waals surface area contributed by atoms with Crippen molar-refractivity contribution in [1.82, 2.24) is 15.3 Å². The van der Waals surface area contributed by atoms with Crippen molar-refractivity contribution in [3.8, 4) is 0 Å². The Bertz CT molecular complexity index is 1200. The molecular weight excluding hydrogens is 382 g/mol. The zero-order chi connectivity index (χ0) is 20.9. The summed E-state index contributed by atoms with van der Waals surface area (Å²) in [6, 6.07) is 9.58. The molecule has 0 aliphatic carbocycles. The summed E-state index contributed by atoms with van der Waals surface area (Å²) in [6.07, 6.45) is 0. The number of rotatable bonds is 3. The first-order chi connectivity index (χ1) is 13.6. The van der Waals surface area contributed by atoms with Gasteiger partial charge in [-0.1, -0.05) is 39.0 Å². The van der Waals surface area contributed by atoms with Gasteiger partial charge in [-0.3, -0.25) is 4.79 Å². The normalized spacial score (nSPS) is 13.2. The molecule has 0 aliphatic heterocycles. The van der Waals surface area contributed by atoms with Crippen molar-refractivity contribution < 1.29 is 9.21 Å². The fourth-order valence-corrected chi connectivity index (χ4v) is 4.58. The summed E-state index contributed by atoms with van der Waals surface area (Å²) in [6.45, 7) is 12.2. The average Bonchev–Trinajstić information content (AvgIpc) is 3.22. The number of hydrogen-bond donors (Lipinski definition) is 1. The number of aromatic nitrogens is 2. The number of furan rings is 1. The van der Waals surface area contributed by atoms with E-state index < -0.39 is 0 Å². The molecule has 0 saturated carbocycles. The van der Waals surface area contributed by atoms with E-state index in [4.69, 9.17) is 9.40 Å². The maximum Gasteiger partial charge on any atom is 0.262 e. The van der Waals surface area contributed by atoms with Crippen LogP contribution in [0.25, 0.3) is 21.2 Å². The van der Waals surface area contributed by atoms with Crippen LogP contribution in [0, 0.1) is 13.8 Å². The molecule has 3 heterocycles. The van der Waals surface area contributed by atoms with E-state index in [2.05, 4.69) is 31.1 Å². The van der Waals surface area contributed by atoms with E-state index in [0.29, 0.717) is 4.88 Å². The van der Waals surface area contributed by atoms with E-state index in [0.717, 1.165) is 44.0 Å². The van der Waals surface area contributed by atoms with Gasteiger partial charge in [0.2, 0.25) is 0 Å². The van der Waals surface area contributed by atoms with Crippen LogP contribution in [-0.2, 0) is 5.41 Å². The fourth-order valence-electron chi connectivity index (χ4n) is 3.44. The van der Waals surface area contributed by atoms with Crippen LogP contribution in [0.5, 0.6) is 0 Å². The number of hydrogen-bond acceptors (Lipinski definition) is 5. The second-order valence-corrected chi connectivity index (χ2v) is 9.50. The molecule has 1 atom stereocenters. The van der Waals surface area contributed by atoms with Crippen LogP contribution < -0.4 is 5.32 Å². The Morgan fingerprint density at radius 1 is 1.17 bits per heavy atom. The molecule has 29 heavy (non-hydrogen) atoms. The zero-order valence-electron chi connectivity index (χ0n) is 17.6. The minimum absolute atomic E-state index is 0.116. The third-order valence-electron chi connectivity index (χ3n) is 5.07. The van der Waals surface area contributed by atoms with Crippen molar-refractivity contribution in [3.05, 3.63) is 58.1 Å². The van der Waals surface area contributed by atoms with E-state index >= 15 is 0 Å². The zero-order valence-corrected chi connectivity index (χ0v) is 18.4. The molecule has 1 aromatic carbocycles. The van der Waals surface area contributed by atoms with E-state index in [1.54, 1.807) is 0 Å². The van der Waals surface area contributed by atoms with Crippen LogP contribution in [0.2, 0.25) is 0 Å². The molecule has 4 aromatic rings. The Hall–Kier alpha value is -2.73. The smallest absolute Gasteiger partial charge is 0.262 e. The quantitative estimate of drug-likeness (QED) is 0.463. The van der Waals surface area contributed by atoms with E-state index in [-0.39, 0.29) is 17.4 Å². The minimum Gasteiger partial charge on any atom is -0.459 e. The first kappa shape index (κ1) is 19.6. The molecule has 150 valence electrons. The number of carbonyl (C=O) groups is 1. The predicted octanol–water partition coefficient (Wildman–Crippen LogP) is 5.84. The number of carbonyl (C=O) groups excluding carboxylic acids is 1. The monoisotopic (exact) mass is 407 g/mol. The van der Waals surface area contributed by atoms with Crippen LogP contribution >= 0.6 is 11.3 Å². The van der Waals surface area contributed by atoms with Gasteiger partial charge in [0.05, 0.1) is 16.6 Å². The van der Waals surface area contributed by atoms with Gasteiger partial charge in [-0.05, 0) is 38.5 Å². The summed E-state index contributed by atoms with van der Waals surface area (Å²) in [4.78, 5) is 24.0. The number of fused-ring (bicyclic) bond motifs is 2. The molecule has 0 bridgehead atoms. The Kier molecular flexibility index (Phi) is 4.69. The summed E-state index contributed by atoms with van der Waals surface area (Å²) in [5.41, 5.74) is 2.52. The molecule has 6 heteroatoms. The third-order valence-corrected chi connectivity index (χ3v) is 6.25. The lowest BCUT2D eigenvalue weighted by Crippen LogP contribution is -2.26. The van der Waals surface area contributed by atoms with Crippen LogP contribution in [0.1, 0.15) is 66.3 Å². The largest absolute Gasteiger partial charge is 0.459 e. The number of benzene rings is 1. The summed E-state index contributed by atoms with van der Waals surface area (Å²) < 4.78 is 5.89. The molecule has 0 saturated heterocycles. The second-order valence-electron chi connectivity index (χ2n) is 8.50. The number of para-hydroxylation sites is 1. The van der Waals surface area contributed by atoms with Gasteiger partial charge in [-0.25, -0.2) is 9.97 Å². The second kappa shape index (κ2) is 6.95. The molecule has 3 aromatic heterocycles. The molecule has 0 radical (unpaired) electrons. The number of thiophene rings is 1. The highest BCUT2D eigenvalue weighted by Gasteiger charge is 2.24. The third kappa shape index (κ3) is 3.53. The highest BCUT2D eigenvalue weighted by Crippen LogP contribution is 2.33. The van der Waals surface area contributed by atoms with E-state index in [9.17, 15) is 4.79 Å². The van der Waals surface area contributed by atoms with Crippen molar-refractivity contribution >= 4 is 38.4 Å². The number of nitrogens with zero attached hydrogens (tertiary/aromatic N) is 2. The van der Waals surface area contributed by atoms with Gasteiger partial charge in [-0.2, -0.15) is 0 Å². The highest BCUT2D eigenvalue weighted by atomic mass is 32.1. The first-order valence-corrected chi connectivity index (χ1v) is 10.5. The lowest BCUT2D eigenvalue weighted by Gasteiger charge is -2.16. The van der Waals surface area contributed by atoms with Gasteiger partial charge in [0.1, 0.15) is 22.0 Å². The van der Waals surface area contributed by atoms with Gasteiger partial charge < -0.3 is 9.73 Å². The molecule has 0 spiro atoms. The summed E-state index contributed by atoms with van der Waals surface area (Å²) in [7, 11) is 0. The van der Waals surface area contributed by atoms with Crippen molar-refractivity contribution in [2.45, 2.75) is 53.0 Å². The number of amides is 1. The number of nitrogens with one attached hydrogen (secondary N) is 1. The standard InChI is InChI=1S/C23H25N3O2S/c1-12-18-14(3)25-22(23(4,5)6)26-21(18)29-19(12)20(27)24-13(2)17-11-15-9-7-8-10-16(15)28-17/h7-11,13H,1-6H3,(H,24,27). The molecule has 1 unspecified atom stereocenters. The average molecular weight is 408 g/mol. The van der Waals surface area contributed by atoms with Crippen LogP contribution in [0.4, 0.5) is 0 Å². The van der Waals surface area contributed by atoms with Crippen molar-refractivity contribution in [2.75, 3.05) is 0 Å². The maximum absolute atomic E-state index is 13.0. The molecule has 0 fully saturated rings. The van der Waals surface area contributed by atoms with Crippen molar-refractivity contribution in [3.63, 3.8) is 0 Å². The summed E-state index contributed by atoms with van der Waals surface area (Å²) in [5.74, 6) is 1.42. The van der Waals surface area contributed by atoms with Crippen LogP contribution in [-0.4, -0.2) is 15.9 Å². The van der Waals surface area contributed by atoms with Gasteiger partial charge in [-0.15, -0.1) is 11.3 Å². The molecule has 4 rings (SSSR count). The minimum atomic E-state index is -0.239. The maximum atomic E-state index is 13.0. The van der Waals surface area contributed by atoms with Crippen molar-refractivity contribution in [2.24, 2.45) is 0 Å². The topological polar surface area (TPSA) is 68.0 Å². The number of aryl methyl sites for hydroxylation is 2. The Morgan fingerprint density at radius 2 is 1.90 bits per heavy atom. The predicted molar refractivity (Wildman–Crippen MR) is 118 cm³/mol. The fraction of sp³-hybridized carbons (Fsp3) is 0.348. The first-order valence-electron chi connectivity index (χ1n) is 9.72. The van der Waals surface area contributed by atoms with E-state index in [1.807, 2.05) is 51.1 Å². The lowest BCUT2D eigenvalue weighted by molar-refractivity contribution is 0.0939. The van der Waals surface area contributed by atoms with Gasteiger partial charge in [0.15, 0.2) is 0 Å². The highest BCUT2D eigenvalue weighted by molar-refractivity contribution is 7.20. The molecule has 1 N–H and O–H groups in total. The van der Waals surface area contributed by atoms with Gasteiger partial charge in [0, 0.05) is 16.2 Å². The molecule has 5 nitrogen and oxygen atoms in total. The van der Waals surface area contributed by atoms with Crippen LogP contribution in [0.3, 0.4) is 0 Å². The van der Waals surface area contributed by atoms with Crippen molar-refractivity contribution in [1.29, 1.82) is 0 Å². The van der Waals surface area contributed by atoms with Crippen LogP contribution in [0.15, 0.2) is 34.7 Å².